The van der Waals surface area contributed by atoms with E-state index in [1.54, 1.807) is 0 Å². The summed E-state index contributed by atoms with van der Waals surface area (Å²) in [5.74, 6) is 0.895. The van der Waals surface area contributed by atoms with Gasteiger partial charge in [0.1, 0.15) is 5.82 Å². The standard InChI is InChI=1S/C65H40N2/c1-3-19-41(20-4-1)44-37-60(43-22-5-2-6-23-43)66-62(38-44)67-61-40-50-48-27-11-14-30-54(48)65(59(50)39-51(61)49-36-35-42-21-7-8-24-45(42)63(49)67)57-33-17-15-31-55(57)64(56-32-16-18-34-58(56)65)52-28-12-9-25-46(52)47-26-10-13-29-53(47)64/h1-40H. The zero-order valence-electron chi connectivity index (χ0n) is 36.5. The van der Waals surface area contributed by atoms with E-state index in [2.05, 4.69) is 247 Å². The zero-order chi connectivity index (χ0) is 43.8. The van der Waals surface area contributed by atoms with E-state index in [0.29, 0.717) is 0 Å². The topological polar surface area (TPSA) is 17.8 Å². The van der Waals surface area contributed by atoms with E-state index < -0.39 is 10.8 Å². The first-order valence-corrected chi connectivity index (χ1v) is 23.4. The second-order valence-electron chi connectivity index (χ2n) is 18.5. The molecular formula is C65H40N2. The number of pyridine rings is 1. The molecule has 2 aromatic heterocycles. The number of aromatic nitrogens is 2. The quantitative estimate of drug-likeness (QED) is 0.173. The van der Waals surface area contributed by atoms with E-state index in [1.807, 2.05) is 0 Å². The van der Waals surface area contributed by atoms with Gasteiger partial charge in [-0.3, -0.25) is 4.57 Å². The fourth-order valence-electron chi connectivity index (χ4n) is 12.9. The minimum atomic E-state index is -0.595. The van der Waals surface area contributed by atoms with Gasteiger partial charge in [-0.1, -0.05) is 218 Å². The Morgan fingerprint density at radius 1 is 0.299 bits per heavy atom. The predicted octanol–water partition coefficient (Wildman–Crippen LogP) is 15.7. The second-order valence-corrected chi connectivity index (χ2v) is 18.5. The third-order valence-corrected chi connectivity index (χ3v) is 15.5. The highest BCUT2D eigenvalue weighted by Crippen LogP contribution is 2.67. The number of rotatable bonds is 3. The van der Waals surface area contributed by atoms with Gasteiger partial charge in [-0.25, -0.2) is 4.98 Å². The maximum atomic E-state index is 5.60. The highest BCUT2D eigenvalue weighted by molar-refractivity contribution is 6.20. The molecule has 0 atom stereocenters. The lowest BCUT2D eigenvalue weighted by Crippen LogP contribution is -2.43. The Kier molecular flexibility index (Phi) is 7.39. The van der Waals surface area contributed by atoms with E-state index >= 15 is 0 Å². The molecule has 0 unspecified atom stereocenters. The first-order valence-electron chi connectivity index (χ1n) is 23.4. The van der Waals surface area contributed by atoms with Gasteiger partial charge in [0.2, 0.25) is 0 Å². The maximum absolute atomic E-state index is 5.60. The van der Waals surface area contributed by atoms with Gasteiger partial charge in [0.25, 0.3) is 0 Å². The number of nitrogens with zero attached hydrogens (tertiary/aromatic N) is 2. The zero-order valence-corrected chi connectivity index (χ0v) is 36.5. The minimum absolute atomic E-state index is 0.492. The van der Waals surface area contributed by atoms with Crippen molar-refractivity contribution < 1.29 is 0 Å². The summed E-state index contributed by atoms with van der Waals surface area (Å²) < 4.78 is 2.46. The molecule has 2 nitrogen and oxygen atoms in total. The molecule has 15 rings (SSSR count). The number of fused-ring (bicyclic) bond motifs is 21. The van der Waals surface area contributed by atoms with Crippen molar-refractivity contribution in [3.63, 3.8) is 0 Å². The molecule has 0 saturated carbocycles. The molecule has 0 bridgehead atoms. The smallest absolute Gasteiger partial charge is 0.138 e. The highest BCUT2D eigenvalue weighted by atomic mass is 15.1. The van der Waals surface area contributed by atoms with E-state index in [9.17, 15) is 0 Å². The summed E-state index contributed by atoms with van der Waals surface area (Å²) in [5, 5.41) is 4.83. The van der Waals surface area contributed by atoms with Crippen LogP contribution in [0.3, 0.4) is 0 Å². The fraction of sp³-hybridized carbons (Fsp3) is 0.0308. The van der Waals surface area contributed by atoms with Crippen LogP contribution in [-0.4, -0.2) is 9.55 Å². The van der Waals surface area contributed by atoms with Gasteiger partial charge in [0, 0.05) is 21.7 Å². The van der Waals surface area contributed by atoms with Gasteiger partial charge in [-0.05, 0) is 108 Å². The van der Waals surface area contributed by atoms with Crippen LogP contribution < -0.4 is 0 Å². The summed E-state index contributed by atoms with van der Waals surface area (Å²) >= 11 is 0. The average Bonchev–Trinajstić information content (AvgIpc) is 4.00. The number of hydrogen-bond acceptors (Lipinski definition) is 1. The molecule has 12 aromatic rings. The average molecular weight is 849 g/mol. The molecule has 310 valence electrons. The van der Waals surface area contributed by atoms with Crippen LogP contribution in [-0.2, 0) is 10.8 Å². The SMILES string of the molecule is c1ccc(-c2cc(-c3ccccc3)nc(-n3c4cc5c(cc4c4ccc6ccccc6c43)C3(c4ccccc4-5)c4ccccc4C4(c5ccccc5-c5ccccc54)c4ccccc43)c2)cc1. The summed E-state index contributed by atoms with van der Waals surface area (Å²) in [6, 6.07) is 90.7. The van der Waals surface area contributed by atoms with Crippen molar-refractivity contribution >= 4 is 32.6 Å². The van der Waals surface area contributed by atoms with Crippen molar-refractivity contribution in [2.75, 3.05) is 0 Å². The summed E-state index contributed by atoms with van der Waals surface area (Å²) in [6.45, 7) is 0. The first kappa shape index (κ1) is 36.7. The molecule has 2 heteroatoms. The van der Waals surface area contributed by atoms with Crippen LogP contribution in [0.1, 0.15) is 44.5 Å². The second kappa shape index (κ2) is 13.5. The molecule has 3 aliphatic carbocycles. The van der Waals surface area contributed by atoms with Crippen LogP contribution in [0.25, 0.3) is 83.0 Å². The van der Waals surface area contributed by atoms with Gasteiger partial charge in [0.15, 0.2) is 0 Å². The molecule has 0 amide bonds. The molecule has 2 spiro atoms. The van der Waals surface area contributed by atoms with E-state index in [-0.39, 0.29) is 0 Å². The van der Waals surface area contributed by atoms with Crippen molar-refractivity contribution in [1.82, 2.24) is 9.55 Å². The molecular weight excluding hydrogens is 809 g/mol. The van der Waals surface area contributed by atoms with Gasteiger partial charge in [0.05, 0.1) is 27.6 Å². The van der Waals surface area contributed by atoms with Crippen LogP contribution in [0.2, 0.25) is 0 Å². The van der Waals surface area contributed by atoms with Gasteiger partial charge >= 0.3 is 0 Å². The van der Waals surface area contributed by atoms with Crippen LogP contribution >= 0.6 is 0 Å². The van der Waals surface area contributed by atoms with E-state index in [4.69, 9.17) is 4.98 Å². The van der Waals surface area contributed by atoms with Crippen molar-refractivity contribution in [2.24, 2.45) is 0 Å². The largest absolute Gasteiger partial charge is 0.293 e. The van der Waals surface area contributed by atoms with E-state index in [1.165, 1.54) is 93.8 Å². The third-order valence-electron chi connectivity index (χ3n) is 15.5. The summed E-state index contributed by atoms with van der Waals surface area (Å²) in [5.41, 5.74) is 21.4. The Morgan fingerprint density at radius 3 is 1.37 bits per heavy atom. The van der Waals surface area contributed by atoms with Crippen molar-refractivity contribution in [1.29, 1.82) is 0 Å². The van der Waals surface area contributed by atoms with Crippen LogP contribution in [0.4, 0.5) is 0 Å². The molecule has 0 aliphatic heterocycles. The third kappa shape index (κ3) is 4.66. The normalized spacial score (nSPS) is 14.2. The molecule has 67 heavy (non-hydrogen) atoms. The van der Waals surface area contributed by atoms with Crippen LogP contribution in [0.15, 0.2) is 243 Å². The molecule has 10 aromatic carbocycles. The Hall–Kier alpha value is -8.59. The van der Waals surface area contributed by atoms with Gasteiger partial charge in [-0.2, -0.15) is 0 Å². The number of benzene rings is 10. The van der Waals surface area contributed by atoms with Crippen LogP contribution in [0, 0.1) is 0 Å². The molecule has 0 radical (unpaired) electrons. The maximum Gasteiger partial charge on any atom is 0.138 e. The fourth-order valence-corrected chi connectivity index (χ4v) is 12.9. The molecule has 0 saturated heterocycles. The Bertz CT molecular complexity index is 3890. The Morgan fingerprint density at radius 2 is 0.776 bits per heavy atom. The lowest BCUT2D eigenvalue weighted by atomic mass is 9.52. The minimum Gasteiger partial charge on any atom is -0.293 e. The van der Waals surface area contributed by atoms with Crippen molar-refractivity contribution in [2.45, 2.75) is 10.8 Å². The Labute approximate surface area is 388 Å². The monoisotopic (exact) mass is 848 g/mol. The number of hydrogen-bond donors (Lipinski definition) is 0. The lowest BCUT2D eigenvalue weighted by Gasteiger charge is -2.48. The predicted molar refractivity (Wildman–Crippen MR) is 275 cm³/mol. The first-order chi connectivity index (χ1) is 33.2. The Balaban J connectivity index is 1.09. The summed E-state index contributed by atoms with van der Waals surface area (Å²) in [6.07, 6.45) is 0. The van der Waals surface area contributed by atoms with Crippen molar-refractivity contribution in [3.8, 4) is 50.5 Å². The molecule has 2 heterocycles. The highest BCUT2D eigenvalue weighted by Gasteiger charge is 2.59. The summed E-state index contributed by atoms with van der Waals surface area (Å²) in [4.78, 5) is 5.60. The van der Waals surface area contributed by atoms with Gasteiger partial charge in [-0.15, -0.1) is 0 Å². The van der Waals surface area contributed by atoms with Crippen molar-refractivity contribution in [3.05, 3.63) is 287 Å². The molecule has 3 aliphatic rings. The van der Waals surface area contributed by atoms with Crippen LogP contribution in [0.5, 0.6) is 0 Å². The molecule has 0 fully saturated rings. The summed E-state index contributed by atoms with van der Waals surface area (Å²) in [7, 11) is 0. The molecule has 0 N–H and O–H groups in total. The van der Waals surface area contributed by atoms with E-state index in [0.717, 1.165) is 33.7 Å². The lowest BCUT2D eigenvalue weighted by molar-refractivity contribution is 0.633. The van der Waals surface area contributed by atoms with Gasteiger partial charge < -0.3 is 0 Å².